The number of likely N-dealkylation sites (tertiary alicyclic amines) is 1. The number of aromatic nitrogens is 1. The number of carboxylic acids is 3. The Kier molecular flexibility index (Phi) is 29.9. The maximum atomic E-state index is 13.9. The zero-order valence-corrected chi connectivity index (χ0v) is 51.7. The number of alkyl halides is 2. The van der Waals surface area contributed by atoms with Gasteiger partial charge in [-0.2, -0.15) is 10.4 Å². The van der Waals surface area contributed by atoms with E-state index < -0.39 is 67.4 Å². The molecule has 5 amide bonds. The number of halogens is 2. The molecule has 1 aromatic heterocycles. The van der Waals surface area contributed by atoms with Gasteiger partial charge < -0.3 is 50.9 Å². The Morgan fingerprint density at radius 3 is 1.96 bits per heavy atom. The maximum Gasteiger partial charge on any atom is 0.317 e. The van der Waals surface area contributed by atoms with Crippen molar-refractivity contribution in [2.75, 3.05) is 138 Å². The number of nitriles is 1. The Morgan fingerprint density at radius 1 is 0.703 bits per heavy atom. The van der Waals surface area contributed by atoms with E-state index in [-0.39, 0.29) is 108 Å². The molecule has 2 atom stereocenters. The lowest BCUT2D eigenvalue weighted by Crippen LogP contribution is -2.51. The van der Waals surface area contributed by atoms with Crippen LogP contribution in [0.3, 0.4) is 0 Å². The first-order chi connectivity index (χ1) is 43.7. The lowest BCUT2D eigenvalue weighted by Gasteiger charge is -2.34. The van der Waals surface area contributed by atoms with Gasteiger partial charge in [-0.15, -0.1) is 0 Å². The minimum absolute atomic E-state index is 0.0739. The number of piperazine rings is 1. The van der Waals surface area contributed by atoms with E-state index >= 15 is 0 Å². The van der Waals surface area contributed by atoms with Crippen LogP contribution in [0.5, 0.6) is 11.5 Å². The minimum Gasteiger partial charge on any atom is -0.508 e. The number of hydrazone groups is 1. The van der Waals surface area contributed by atoms with Crippen LogP contribution in [0.1, 0.15) is 93.0 Å². The van der Waals surface area contributed by atoms with Gasteiger partial charge in [-0.3, -0.25) is 73.3 Å². The largest absolute Gasteiger partial charge is 0.508 e. The number of pyridine rings is 1. The van der Waals surface area contributed by atoms with E-state index in [1.54, 1.807) is 57.3 Å². The number of benzene rings is 2. The van der Waals surface area contributed by atoms with Crippen molar-refractivity contribution in [1.82, 2.24) is 60.7 Å². The number of nitrogens with zero attached hydrogens (tertiary/aromatic N) is 10. The van der Waals surface area contributed by atoms with E-state index in [2.05, 4.69) is 36.4 Å². The number of phenols is 1. The normalized spacial score (nSPS) is 17.7. The number of unbranched alkanes of at least 4 members (excludes halogenated alkanes) is 4. The molecular formula is C62H88F2N14O13. The van der Waals surface area contributed by atoms with Gasteiger partial charge in [0.25, 0.3) is 11.8 Å². The number of carbonyl (C=O) groups is 8. The van der Waals surface area contributed by atoms with Gasteiger partial charge in [0.15, 0.2) is 0 Å². The number of carboxylic acid groups (broad SMARTS) is 3. The summed E-state index contributed by atoms with van der Waals surface area (Å²) in [4.78, 5) is 117. The molecule has 91 heavy (non-hydrogen) atoms. The number of hydrogen-bond acceptors (Lipinski definition) is 19. The van der Waals surface area contributed by atoms with Crippen molar-refractivity contribution in [2.24, 2.45) is 5.10 Å². The summed E-state index contributed by atoms with van der Waals surface area (Å²) in [6, 6.07) is 14.0. The summed E-state index contributed by atoms with van der Waals surface area (Å²) in [5.41, 5.74) is 4.83. The van der Waals surface area contributed by atoms with Gasteiger partial charge in [0.2, 0.25) is 23.6 Å². The zero-order chi connectivity index (χ0) is 65.5. The predicted molar refractivity (Wildman–Crippen MR) is 331 cm³/mol. The molecule has 0 saturated carbocycles. The van der Waals surface area contributed by atoms with Crippen LogP contribution in [0, 0.1) is 11.3 Å². The standard InChI is InChI=1S/C62H88F2N14O13/c63-62(64)38-47(39-65)78(45-62)57(83)40-68-61(90)50-19-22-66-52-18-17-49(37-51(50)52)91-36-8-23-72-32-34-77(35-33-72)56(82)12-3-1-2-5-21-69-71-53(10-4-6-20-67-54(80)11-7-9-46-13-15-48(79)16-14-46)70-55(81)41-73-24-26-74(42-58(84)85)28-30-76(44-60(88)89)31-29-75(27-25-73)43-59(86)87/h13-19,21-22,37,47,53,71,79H,1-12,20,23-36,38,40-45H2,(H,67,80)(H,68,90)(H,70,81)(H,84,85)(H,86,87)(H,88,89)/b69-21+/t47-,53-/m1/s1. The van der Waals surface area contributed by atoms with E-state index in [0.717, 1.165) is 29.8 Å². The topological polar surface area (TPSA) is 347 Å². The van der Waals surface area contributed by atoms with Crippen LogP contribution in [0.15, 0.2) is 59.8 Å². The number of nitrogens with one attached hydrogen (secondary N) is 4. The summed E-state index contributed by atoms with van der Waals surface area (Å²) < 4.78 is 33.8. The van der Waals surface area contributed by atoms with Gasteiger partial charge in [0.05, 0.1) is 63.0 Å². The Bertz CT molecular complexity index is 2920. The molecule has 3 aromatic rings. The number of rotatable bonds is 34. The number of aromatic hydroxyl groups is 1. The van der Waals surface area contributed by atoms with Crippen molar-refractivity contribution >= 4 is 64.6 Å². The number of aliphatic carboxylic acids is 3. The molecule has 4 heterocycles. The zero-order valence-electron chi connectivity index (χ0n) is 51.7. The van der Waals surface area contributed by atoms with Crippen molar-refractivity contribution in [3.63, 3.8) is 0 Å². The van der Waals surface area contributed by atoms with Gasteiger partial charge in [-0.05, 0) is 99.7 Å². The van der Waals surface area contributed by atoms with Gasteiger partial charge in [0.1, 0.15) is 23.7 Å². The molecule has 6 rings (SSSR count). The maximum absolute atomic E-state index is 13.9. The highest BCUT2D eigenvalue weighted by Gasteiger charge is 2.47. The summed E-state index contributed by atoms with van der Waals surface area (Å²) in [7, 11) is 0. The molecule has 3 saturated heterocycles. The fourth-order valence-electron chi connectivity index (χ4n) is 11.0. The third-order valence-corrected chi connectivity index (χ3v) is 16.0. The highest BCUT2D eigenvalue weighted by molar-refractivity contribution is 6.07. The second-order valence-corrected chi connectivity index (χ2v) is 23.2. The lowest BCUT2D eigenvalue weighted by atomic mass is 10.1. The van der Waals surface area contributed by atoms with Crippen molar-refractivity contribution in [2.45, 2.75) is 102 Å². The number of carbonyl (C=O) groups excluding carboxylic acids is 5. The summed E-state index contributed by atoms with van der Waals surface area (Å²) >= 11 is 0. The molecule has 3 aliphatic rings. The Hall–Kier alpha value is -8.17. The SMILES string of the molecule is N#C[C@H]1CC(F)(F)CN1C(=O)CNC(=O)c1ccnc2ccc(OCCCN3CCN(C(=O)CCCCC/C=N/N[C@H](CCCCNC(=O)CCCc4ccc(O)cc4)NC(=O)CN4CCN(CC(=O)O)CCN(CC(=O)O)CCN(CC(=O)O)CC4)CC3)cc12. The molecule has 0 spiro atoms. The molecule has 0 bridgehead atoms. The van der Waals surface area contributed by atoms with Crippen LogP contribution in [0.2, 0.25) is 0 Å². The van der Waals surface area contributed by atoms with Gasteiger partial charge >= 0.3 is 17.9 Å². The van der Waals surface area contributed by atoms with Crippen LogP contribution in [0.4, 0.5) is 8.78 Å². The number of phenolic OH excluding ortho intramolecular Hbond substituents is 1. The number of aryl methyl sites for hydroxylation is 1. The molecule has 3 aliphatic heterocycles. The molecule has 27 nitrogen and oxygen atoms in total. The molecule has 0 unspecified atom stereocenters. The molecule has 0 radical (unpaired) electrons. The molecule has 3 fully saturated rings. The summed E-state index contributed by atoms with van der Waals surface area (Å²) in [6.07, 6.45) is 9.24. The fraction of sp³-hybridized carbons (Fsp3) is 0.597. The first kappa shape index (κ1) is 71.9. The molecule has 8 N–H and O–H groups in total. The smallest absolute Gasteiger partial charge is 0.317 e. The van der Waals surface area contributed by atoms with Gasteiger partial charge in [-0.1, -0.05) is 18.6 Å². The van der Waals surface area contributed by atoms with E-state index in [0.29, 0.717) is 120 Å². The molecule has 0 aliphatic carbocycles. The summed E-state index contributed by atoms with van der Waals surface area (Å²) in [5, 5.41) is 61.0. The highest BCUT2D eigenvalue weighted by atomic mass is 19.3. The van der Waals surface area contributed by atoms with Gasteiger partial charge in [-0.25, -0.2) is 8.78 Å². The van der Waals surface area contributed by atoms with E-state index in [9.17, 15) is 72.8 Å². The fourth-order valence-corrected chi connectivity index (χ4v) is 11.0. The Morgan fingerprint density at radius 2 is 1.33 bits per heavy atom. The van der Waals surface area contributed by atoms with Gasteiger partial charge in [0, 0.05) is 129 Å². The molecule has 2 aromatic carbocycles. The van der Waals surface area contributed by atoms with E-state index in [1.165, 1.54) is 12.3 Å². The number of amides is 5. The first-order valence-electron chi connectivity index (χ1n) is 31.2. The van der Waals surface area contributed by atoms with Crippen molar-refractivity contribution in [3.05, 3.63) is 65.9 Å². The van der Waals surface area contributed by atoms with Crippen molar-refractivity contribution < 1.29 is 72.3 Å². The van der Waals surface area contributed by atoms with E-state index in [1.807, 2.05) is 21.9 Å². The number of hydrogen-bond donors (Lipinski definition) is 8. The Balaban J connectivity index is 0.906. The Labute approximate surface area is 528 Å². The quantitative estimate of drug-likeness (QED) is 0.0184. The predicted octanol–water partition coefficient (Wildman–Crippen LogP) is 2.10. The number of fused-ring (bicyclic) bond motifs is 1. The second kappa shape index (κ2) is 37.9. The highest BCUT2D eigenvalue weighted by Crippen LogP contribution is 2.32. The summed E-state index contributed by atoms with van der Waals surface area (Å²) in [6.45, 7) is 3.85. The average molecular weight is 1280 g/mol. The van der Waals surface area contributed by atoms with Crippen LogP contribution >= 0.6 is 0 Å². The lowest BCUT2D eigenvalue weighted by molar-refractivity contribution is -0.140. The first-order valence-corrected chi connectivity index (χ1v) is 31.2. The van der Waals surface area contributed by atoms with Crippen molar-refractivity contribution in [3.8, 4) is 17.6 Å². The third-order valence-electron chi connectivity index (χ3n) is 16.0. The number of ether oxygens (including phenoxy) is 1. The third kappa shape index (κ3) is 26.7. The van der Waals surface area contributed by atoms with Crippen LogP contribution in [0.25, 0.3) is 10.9 Å². The van der Waals surface area contributed by atoms with Crippen LogP contribution in [-0.2, 0) is 40.0 Å². The minimum atomic E-state index is -3.17. The van der Waals surface area contributed by atoms with Crippen LogP contribution in [-0.4, -0.2) is 269 Å². The van der Waals surface area contributed by atoms with Crippen molar-refractivity contribution in [1.29, 1.82) is 5.26 Å². The van der Waals surface area contributed by atoms with Crippen LogP contribution < -0.4 is 26.1 Å². The summed E-state index contributed by atoms with van der Waals surface area (Å²) in [5.74, 6) is -7.35. The van der Waals surface area contributed by atoms with E-state index in [4.69, 9.17) is 4.74 Å². The molecule has 29 heteroatoms. The molecule has 498 valence electrons. The molecular weight excluding hydrogens is 1190 g/mol. The second-order valence-electron chi connectivity index (χ2n) is 23.2. The monoisotopic (exact) mass is 1270 g/mol. The average Bonchev–Trinajstić information content (AvgIpc) is 3.12.